The topological polar surface area (TPSA) is 34.6 Å². The van der Waals surface area contributed by atoms with E-state index in [0.29, 0.717) is 36.4 Å². The third-order valence-electron chi connectivity index (χ3n) is 2.58. The Hall–Kier alpha value is -0.420. The normalized spacial score (nSPS) is 15.9. The lowest BCUT2D eigenvalue weighted by Gasteiger charge is -2.29. The largest absolute Gasteiger partial charge is 0.490 e. The lowest BCUT2D eigenvalue weighted by atomic mass is 10.3. The van der Waals surface area contributed by atoms with Crippen molar-refractivity contribution in [3.8, 4) is 5.75 Å². The van der Waals surface area contributed by atoms with Crippen LogP contribution in [0, 0.1) is 0 Å². The summed E-state index contributed by atoms with van der Waals surface area (Å²) in [7, 11) is 0. The molecule has 0 aliphatic carbocycles. The molecule has 1 aliphatic heterocycles. The highest BCUT2D eigenvalue weighted by Crippen LogP contribution is 2.42. The summed E-state index contributed by atoms with van der Waals surface area (Å²) in [5, 5.41) is 0.847. The Balaban J connectivity index is 2.40. The number of ether oxygens (including phenoxy) is 2. The summed E-state index contributed by atoms with van der Waals surface area (Å²) in [6.07, 6.45) is 0. The molecule has 0 amide bonds. The van der Waals surface area contributed by atoms with Gasteiger partial charge >= 0.3 is 0 Å². The minimum absolute atomic E-state index is 0.200. The fraction of sp³-hybridized carbons (Fsp3) is 0.545. The highest BCUT2D eigenvalue weighted by Gasteiger charge is 2.22. The van der Waals surface area contributed by atoms with Crippen molar-refractivity contribution < 1.29 is 9.47 Å². The second-order valence-electron chi connectivity index (χ2n) is 3.72. The Morgan fingerprint density at radius 1 is 1.22 bits per heavy atom. The number of aromatic nitrogens is 1. The summed E-state index contributed by atoms with van der Waals surface area (Å²) >= 11 is 18.3. The lowest BCUT2D eigenvalue weighted by molar-refractivity contribution is 0.122. The third-order valence-corrected chi connectivity index (χ3v) is 3.64. The number of anilines is 1. The molecule has 0 saturated carbocycles. The standard InChI is InChI=1S/C11H13Cl3N2O2/c1-2-18-9-7(12)10(14)15-11(8(9)13)16-3-5-17-6-4-16/h2-6H2,1H3. The van der Waals surface area contributed by atoms with E-state index in [2.05, 4.69) is 4.98 Å². The molecule has 100 valence electrons. The third kappa shape index (κ3) is 2.77. The van der Waals surface area contributed by atoms with Crippen LogP contribution in [-0.4, -0.2) is 37.9 Å². The Labute approximate surface area is 121 Å². The van der Waals surface area contributed by atoms with Gasteiger partial charge in [-0.2, -0.15) is 0 Å². The minimum Gasteiger partial charge on any atom is -0.490 e. The maximum atomic E-state index is 6.29. The van der Waals surface area contributed by atoms with E-state index in [1.165, 1.54) is 0 Å². The van der Waals surface area contributed by atoms with Crippen LogP contribution in [0.3, 0.4) is 0 Å². The van der Waals surface area contributed by atoms with Crippen molar-refractivity contribution in [1.29, 1.82) is 0 Å². The predicted molar refractivity (Wildman–Crippen MR) is 73.5 cm³/mol. The van der Waals surface area contributed by atoms with Gasteiger partial charge < -0.3 is 14.4 Å². The monoisotopic (exact) mass is 310 g/mol. The average Bonchev–Trinajstić information content (AvgIpc) is 2.40. The zero-order chi connectivity index (χ0) is 13.1. The molecule has 1 aromatic rings. The molecule has 0 atom stereocenters. The molecule has 2 heterocycles. The predicted octanol–water partition coefficient (Wildman–Crippen LogP) is 3.28. The van der Waals surface area contributed by atoms with Crippen molar-refractivity contribution in [3.63, 3.8) is 0 Å². The van der Waals surface area contributed by atoms with E-state index in [-0.39, 0.29) is 10.2 Å². The van der Waals surface area contributed by atoms with Gasteiger partial charge in [-0.05, 0) is 6.92 Å². The Morgan fingerprint density at radius 3 is 2.50 bits per heavy atom. The minimum atomic E-state index is 0.200. The van der Waals surface area contributed by atoms with Crippen LogP contribution in [-0.2, 0) is 4.74 Å². The van der Waals surface area contributed by atoms with E-state index in [0.717, 1.165) is 13.1 Å². The van der Waals surface area contributed by atoms with Gasteiger partial charge in [-0.3, -0.25) is 0 Å². The van der Waals surface area contributed by atoms with Gasteiger partial charge in [0.2, 0.25) is 0 Å². The van der Waals surface area contributed by atoms with Gasteiger partial charge in [0.1, 0.15) is 10.0 Å². The van der Waals surface area contributed by atoms with E-state index in [1.54, 1.807) is 0 Å². The fourth-order valence-corrected chi connectivity index (χ4v) is 2.45. The fourth-order valence-electron chi connectivity index (χ4n) is 1.74. The van der Waals surface area contributed by atoms with E-state index in [1.807, 2.05) is 11.8 Å². The van der Waals surface area contributed by atoms with Crippen LogP contribution in [0.1, 0.15) is 6.92 Å². The van der Waals surface area contributed by atoms with Gasteiger partial charge in [-0.25, -0.2) is 4.98 Å². The molecule has 0 bridgehead atoms. The summed E-state index contributed by atoms with van der Waals surface area (Å²) in [5.74, 6) is 0.986. The molecule has 1 saturated heterocycles. The van der Waals surface area contributed by atoms with Gasteiger partial charge in [0.25, 0.3) is 0 Å². The van der Waals surface area contributed by atoms with Gasteiger partial charge in [0.05, 0.1) is 19.8 Å². The summed E-state index contributed by atoms with van der Waals surface area (Å²) in [6, 6.07) is 0. The van der Waals surface area contributed by atoms with E-state index < -0.39 is 0 Å². The van der Waals surface area contributed by atoms with Gasteiger partial charge in [0.15, 0.2) is 16.7 Å². The Kier molecular flexibility index (Phi) is 4.78. The zero-order valence-corrected chi connectivity index (χ0v) is 12.1. The number of halogens is 3. The molecule has 1 aromatic heterocycles. The summed E-state index contributed by atoms with van der Waals surface area (Å²) in [4.78, 5) is 6.24. The van der Waals surface area contributed by atoms with Crippen molar-refractivity contribution >= 4 is 40.6 Å². The molecule has 1 fully saturated rings. The number of pyridine rings is 1. The molecular weight excluding hydrogens is 298 g/mol. The van der Waals surface area contributed by atoms with Crippen LogP contribution in [0.5, 0.6) is 5.75 Å². The maximum absolute atomic E-state index is 6.29. The number of rotatable bonds is 3. The molecule has 0 N–H and O–H groups in total. The van der Waals surface area contributed by atoms with E-state index in [4.69, 9.17) is 44.3 Å². The van der Waals surface area contributed by atoms with E-state index >= 15 is 0 Å². The zero-order valence-electron chi connectivity index (χ0n) is 9.88. The van der Waals surface area contributed by atoms with Gasteiger partial charge in [-0.15, -0.1) is 0 Å². The second-order valence-corrected chi connectivity index (χ2v) is 4.83. The number of morpholine rings is 1. The first-order valence-corrected chi connectivity index (χ1v) is 6.78. The Bertz CT molecular complexity index is 437. The van der Waals surface area contributed by atoms with Crippen LogP contribution < -0.4 is 9.64 Å². The molecule has 0 spiro atoms. The van der Waals surface area contributed by atoms with Crippen LogP contribution in [0.2, 0.25) is 15.2 Å². The van der Waals surface area contributed by atoms with Crippen LogP contribution in [0.4, 0.5) is 5.82 Å². The molecule has 4 nitrogen and oxygen atoms in total. The second kappa shape index (κ2) is 6.15. The average molecular weight is 312 g/mol. The van der Waals surface area contributed by atoms with Crippen molar-refractivity contribution in [2.45, 2.75) is 6.92 Å². The number of hydrogen-bond donors (Lipinski definition) is 0. The molecule has 0 unspecified atom stereocenters. The molecule has 0 aromatic carbocycles. The van der Waals surface area contributed by atoms with E-state index in [9.17, 15) is 0 Å². The molecule has 7 heteroatoms. The SMILES string of the molecule is CCOc1c(Cl)c(Cl)nc(N2CCOCC2)c1Cl. The van der Waals surface area contributed by atoms with Crippen molar-refractivity contribution in [2.24, 2.45) is 0 Å². The van der Waals surface area contributed by atoms with Gasteiger partial charge in [-0.1, -0.05) is 34.8 Å². The summed E-state index contributed by atoms with van der Waals surface area (Å²) < 4.78 is 10.7. The smallest absolute Gasteiger partial charge is 0.163 e. The number of hydrogen-bond acceptors (Lipinski definition) is 4. The summed E-state index contributed by atoms with van der Waals surface area (Å²) in [5.41, 5.74) is 0. The van der Waals surface area contributed by atoms with Crippen molar-refractivity contribution in [3.05, 3.63) is 15.2 Å². The van der Waals surface area contributed by atoms with Crippen molar-refractivity contribution in [1.82, 2.24) is 4.98 Å². The first-order chi connectivity index (χ1) is 8.65. The maximum Gasteiger partial charge on any atom is 0.163 e. The molecule has 2 rings (SSSR count). The molecule has 1 aliphatic rings. The van der Waals surface area contributed by atoms with Crippen LogP contribution in [0.25, 0.3) is 0 Å². The first kappa shape index (κ1) is 14.0. The van der Waals surface area contributed by atoms with Crippen molar-refractivity contribution in [2.75, 3.05) is 37.8 Å². The summed E-state index contributed by atoms with van der Waals surface area (Å²) in [6.45, 7) is 5.04. The molecular formula is C11H13Cl3N2O2. The Morgan fingerprint density at radius 2 is 1.89 bits per heavy atom. The molecule has 18 heavy (non-hydrogen) atoms. The molecule has 0 radical (unpaired) electrons. The lowest BCUT2D eigenvalue weighted by Crippen LogP contribution is -2.37. The highest BCUT2D eigenvalue weighted by atomic mass is 35.5. The highest BCUT2D eigenvalue weighted by molar-refractivity contribution is 6.44. The first-order valence-electron chi connectivity index (χ1n) is 5.65. The van der Waals surface area contributed by atoms with Crippen LogP contribution in [0.15, 0.2) is 0 Å². The van der Waals surface area contributed by atoms with Crippen LogP contribution >= 0.6 is 34.8 Å². The quantitative estimate of drug-likeness (QED) is 0.802. The van der Waals surface area contributed by atoms with Gasteiger partial charge in [0, 0.05) is 13.1 Å². The number of nitrogens with zero attached hydrogens (tertiary/aromatic N) is 2.